The summed E-state index contributed by atoms with van der Waals surface area (Å²) in [6.45, 7) is 2.59. The quantitative estimate of drug-likeness (QED) is 0.899. The number of halogens is 1. The highest BCUT2D eigenvalue weighted by molar-refractivity contribution is 7.89. The smallest absolute Gasteiger partial charge is 0.254 e. The average Bonchev–Trinajstić information content (AvgIpc) is 2.87. The van der Waals surface area contributed by atoms with E-state index < -0.39 is 10.0 Å². The Balaban J connectivity index is 2.41. The van der Waals surface area contributed by atoms with Crippen molar-refractivity contribution in [2.45, 2.75) is 24.3 Å². The van der Waals surface area contributed by atoms with Gasteiger partial charge in [-0.1, -0.05) is 11.6 Å². The molecule has 1 heterocycles. The third-order valence-electron chi connectivity index (χ3n) is 3.63. The third kappa shape index (κ3) is 3.37. The molecule has 1 amide bonds. The first-order valence-corrected chi connectivity index (χ1v) is 8.31. The van der Waals surface area contributed by atoms with Gasteiger partial charge in [-0.15, -0.1) is 0 Å². The number of nitrogens with zero attached hydrogens (tertiary/aromatic N) is 1. The molecule has 1 aliphatic rings. The fourth-order valence-corrected chi connectivity index (χ4v) is 3.56. The molecule has 0 radical (unpaired) electrons. The minimum atomic E-state index is -3.93. The molecule has 2 rings (SSSR count). The Bertz CT molecular complexity index is 675. The number of primary sulfonamides is 1. The lowest BCUT2D eigenvalue weighted by molar-refractivity contribution is 0.0723. The maximum Gasteiger partial charge on any atom is 0.254 e. The lowest BCUT2D eigenvalue weighted by Gasteiger charge is -2.18. The largest absolute Gasteiger partial charge is 0.380 e. The van der Waals surface area contributed by atoms with Crippen molar-refractivity contribution in [3.05, 3.63) is 28.3 Å². The van der Waals surface area contributed by atoms with E-state index in [2.05, 4.69) is 0 Å². The number of amides is 1. The van der Waals surface area contributed by atoms with Crippen LogP contribution >= 0.6 is 11.6 Å². The maximum absolute atomic E-state index is 12.5. The molecular formula is C13H17ClN2O4S. The normalized spacial score (nSPS) is 19.0. The molecule has 0 spiro atoms. The summed E-state index contributed by atoms with van der Waals surface area (Å²) in [7, 11) is -2.33. The molecule has 1 aromatic carbocycles. The number of ether oxygens (including phenoxy) is 1. The number of rotatable bonds is 3. The lowest BCUT2D eigenvalue weighted by Crippen LogP contribution is -2.31. The van der Waals surface area contributed by atoms with E-state index in [1.807, 2.05) is 0 Å². The van der Waals surface area contributed by atoms with Crippen molar-refractivity contribution in [2.24, 2.45) is 5.14 Å². The first-order chi connectivity index (χ1) is 9.74. The Labute approximate surface area is 128 Å². The number of likely N-dealkylation sites (tertiary alicyclic amines) is 1. The molecule has 1 aromatic rings. The highest BCUT2D eigenvalue weighted by Crippen LogP contribution is 2.26. The number of benzene rings is 1. The first-order valence-electron chi connectivity index (χ1n) is 6.39. The standard InChI is InChI=1S/C13H17ClN2O4S/c1-8-11(5-9(14)6-12(8)21(15,18)19)13(17)16-4-3-10(7-16)20-2/h5-6,10H,3-4,7H2,1-2H3,(H2,15,18,19). The van der Waals surface area contributed by atoms with E-state index in [0.29, 0.717) is 18.7 Å². The zero-order valence-electron chi connectivity index (χ0n) is 11.8. The minimum absolute atomic E-state index is 0.00570. The van der Waals surface area contributed by atoms with Crippen molar-refractivity contribution < 1.29 is 17.9 Å². The Morgan fingerprint density at radius 3 is 2.67 bits per heavy atom. The second kappa shape index (κ2) is 5.92. The van der Waals surface area contributed by atoms with Gasteiger partial charge in [-0.2, -0.15) is 0 Å². The first kappa shape index (κ1) is 16.2. The summed E-state index contributed by atoms with van der Waals surface area (Å²) in [5.74, 6) is -0.264. The number of methoxy groups -OCH3 is 1. The van der Waals surface area contributed by atoms with Gasteiger partial charge in [0.15, 0.2) is 0 Å². The van der Waals surface area contributed by atoms with Gasteiger partial charge in [0.1, 0.15) is 0 Å². The van der Waals surface area contributed by atoms with Gasteiger partial charge in [0.05, 0.1) is 11.0 Å². The summed E-state index contributed by atoms with van der Waals surface area (Å²) in [5.41, 5.74) is 0.566. The SMILES string of the molecule is COC1CCN(C(=O)c2cc(Cl)cc(S(N)(=O)=O)c2C)C1. The molecule has 1 aliphatic heterocycles. The van der Waals surface area contributed by atoms with Crippen LogP contribution < -0.4 is 5.14 Å². The van der Waals surface area contributed by atoms with Crippen LogP contribution in [0.15, 0.2) is 17.0 Å². The second-order valence-corrected chi connectivity index (χ2v) is 6.99. The number of carbonyl (C=O) groups excluding carboxylic acids is 1. The minimum Gasteiger partial charge on any atom is -0.380 e. The molecule has 1 atom stereocenters. The van der Waals surface area contributed by atoms with Crippen molar-refractivity contribution in [1.29, 1.82) is 0 Å². The van der Waals surface area contributed by atoms with Gasteiger partial charge in [-0.25, -0.2) is 13.6 Å². The monoisotopic (exact) mass is 332 g/mol. The van der Waals surface area contributed by atoms with Gasteiger partial charge < -0.3 is 9.64 Å². The molecule has 0 bridgehead atoms. The van der Waals surface area contributed by atoms with Crippen LogP contribution in [0, 0.1) is 6.92 Å². The topological polar surface area (TPSA) is 89.7 Å². The number of carbonyl (C=O) groups is 1. The molecule has 116 valence electrons. The van der Waals surface area contributed by atoms with E-state index in [4.69, 9.17) is 21.5 Å². The summed E-state index contributed by atoms with van der Waals surface area (Å²) in [6.07, 6.45) is 0.760. The molecule has 0 aromatic heterocycles. The van der Waals surface area contributed by atoms with Crippen LogP contribution in [0.25, 0.3) is 0 Å². The van der Waals surface area contributed by atoms with E-state index in [9.17, 15) is 13.2 Å². The Morgan fingerprint density at radius 2 is 2.14 bits per heavy atom. The Morgan fingerprint density at radius 1 is 1.48 bits per heavy atom. The zero-order chi connectivity index (χ0) is 15.8. The van der Waals surface area contributed by atoms with Crippen LogP contribution in [0.1, 0.15) is 22.3 Å². The summed E-state index contributed by atoms with van der Waals surface area (Å²) >= 11 is 5.92. The van der Waals surface area contributed by atoms with Crippen LogP contribution in [0.5, 0.6) is 0 Å². The predicted octanol–water partition coefficient (Wildman–Crippen LogP) is 1.16. The van der Waals surface area contributed by atoms with E-state index in [0.717, 1.165) is 6.42 Å². The van der Waals surface area contributed by atoms with Gasteiger partial charge in [-0.05, 0) is 31.0 Å². The van der Waals surface area contributed by atoms with E-state index in [1.165, 1.54) is 12.1 Å². The molecule has 0 aliphatic carbocycles. The zero-order valence-corrected chi connectivity index (χ0v) is 13.4. The van der Waals surface area contributed by atoms with E-state index >= 15 is 0 Å². The molecular weight excluding hydrogens is 316 g/mol. The summed E-state index contributed by atoms with van der Waals surface area (Å²) < 4.78 is 28.4. The van der Waals surface area contributed by atoms with Crippen molar-refractivity contribution >= 4 is 27.5 Å². The van der Waals surface area contributed by atoms with Crippen LogP contribution in [0.4, 0.5) is 0 Å². The number of nitrogens with two attached hydrogens (primary N) is 1. The van der Waals surface area contributed by atoms with E-state index in [1.54, 1.807) is 18.9 Å². The molecule has 2 N–H and O–H groups in total. The van der Waals surface area contributed by atoms with Crippen LogP contribution in [-0.2, 0) is 14.8 Å². The van der Waals surface area contributed by atoms with Crippen molar-refractivity contribution in [2.75, 3.05) is 20.2 Å². The second-order valence-electron chi connectivity index (χ2n) is 5.02. The van der Waals surface area contributed by atoms with Crippen LogP contribution in [-0.4, -0.2) is 45.5 Å². The van der Waals surface area contributed by atoms with Crippen LogP contribution in [0.3, 0.4) is 0 Å². The molecule has 1 fully saturated rings. The molecule has 6 nitrogen and oxygen atoms in total. The molecule has 1 unspecified atom stereocenters. The van der Waals surface area contributed by atoms with Crippen molar-refractivity contribution in [1.82, 2.24) is 4.90 Å². The lowest BCUT2D eigenvalue weighted by atomic mass is 10.1. The predicted molar refractivity (Wildman–Crippen MR) is 78.9 cm³/mol. The fourth-order valence-electron chi connectivity index (χ4n) is 2.45. The van der Waals surface area contributed by atoms with E-state index in [-0.39, 0.29) is 27.5 Å². The summed E-state index contributed by atoms with van der Waals surface area (Å²) in [4.78, 5) is 14.0. The molecule has 21 heavy (non-hydrogen) atoms. The Hall–Kier alpha value is -1.15. The summed E-state index contributed by atoms with van der Waals surface area (Å²) in [6, 6.07) is 2.72. The maximum atomic E-state index is 12.5. The Kier molecular flexibility index (Phi) is 4.57. The summed E-state index contributed by atoms with van der Waals surface area (Å²) in [5, 5.41) is 5.32. The molecule has 1 saturated heterocycles. The van der Waals surface area contributed by atoms with Crippen molar-refractivity contribution in [3.8, 4) is 0 Å². The number of sulfonamides is 1. The van der Waals surface area contributed by atoms with Gasteiger partial charge in [0.25, 0.3) is 5.91 Å². The fraction of sp³-hybridized carbons (Fsp3) is 0.462. The van der Waals surface area contributed by atoms with Gasteiger partial charge in [0, 0.05) is 30.8 Å². The molecule has 8 heteroatoms. The third-order valence-corrected chi connectivity index (χ3v) is 4.88. The number of hydrogen-bond acceptors (Lipinski definition) is 4. The van der Waals surface area contributed by atoms with Gasteiger partial charge in [-0.3, -0.25) is 4.79 Å². The highest BCUT2D eigenvalue weighted by atomic mass is 35.5. The average molecular weight is 333 g/mol. The highest BCUT2D eigenvalue weighted by Gasteiger charge is 2.29. The molecule has 0 saturated carbocycles. The van der Waals surface area contributed by atoms with Crippen molar-refractivity contribution in [3.63, 3.8) is 0 Å². The van der Waals surface area contributed by atoms with Gasteiger partial charge in [0.2, 0.25) is 10.0 Å². The number of hydrogen-bond donors (Lipinski definition) is 1. The van der Waals surface area contributed by atoms with Crippen LogP contribution in [0.2, 0.25) is 5.02 Å². The van der Waals surface area contributed by atoms with Gasteiger partial charge >= 0.3 is 0 Å².